The molecule has 43 heavy (non-hydrogen) atoms. The average Bonchev–Trinajstić information content (AvgIpc) is 3.42. The highest BCUT2D eigenvalue weighted by atomic mass is 16.5. The molecule has 0 bridgehead atoms. The van der Waals surface area contributed by atoms with Gasteiger partial charge in [0.15, 0.2) is 17.5 Å². The fraction of sp³-hybridized carbons (Fsp3) is 0.212. The van der Waals surface area contributed by atoms with Gasteiger partial charge in [0.1, 0.15) is 5.75 Å². The molecule has 2 aliphatic rings. The standard InChI is InChI=1S/C33H32N8O2/c1-43-29-11-5-4-9-27(29)37-33(42)35-24-16-19-40(20-17-24)21-22-12-14-23(15-13-22)31-38-39-32-25-7-2-3-8-26(25)36-30-28(41(31)32)10-6-18-34-30/h2-15,18,24H,16-17,19-21H2,1H3,(H,34,36)(H2,35,37,42). The predicted octanol–water partition coefficient (Wildman–Crippen LogP) is 5.85. The normalized spacial score (nSPS) is 14.4. The first-order chi connectivity index (χ1) is 21.2. The number of carbonyl (C=O) groups is 1. The second kappa shape index (κ2) is 11.6. The molecule has 0 spiro atoms. The summed E-state index contributed by atoms with van der Waals surface area (Å²) in [6.07, 6.45) is 3.58. The number of pyridine rings is 1. The third-order valence-corrected chi connectivity index (χ3v) is 8.01. The SMILES string of the molecule is COc1ccccc1NC(=O)NC1CCN(Cc2ccc(-c3nnc4n3-c3cccnc3Nc3ccccc3-4)cc2)CC1. The van der Waals surface area contributed by atoms with Gasteiger partial charge in [0, 0.05) is 43.0 Å². The molecule has 4 heterocycles. The molecular formula is C33H32N8O2. The molecule has 0 atom stereocenters. The van der Waals surface area contributed by atoms with E-state index in [0.29, 0.717) is 11.4 Å². The van der Waals surface area contributed by atoms with Crippen molar-refractivity contribution in [3.05, 3.63) is 96.7 Å². The number of nitrogens with one attached hydrogen (secondary N) is 3. The highest BCUT2D eigenvalue weighted by Crippen LogP contribution is 2.39. The highest BCUT2D eigenvalue weighted by Gasteiger charge is 2.25. The number of urea groups is 1. The van der Waals surface area contributed by atoms with E-state index in [-0.39, 0.29) is 12.1 Å². The van der Waals surface area contributed by atoms with Crippen LogP contribution in [0.3, 0.4) is 0 Å². The Morgan fingerprint density at radius 2 is 1.70 bits per heavy atom. The van der Waals surface area contributed by atoms with Gasteiger partial charge >= 0.3 is 6.03 Å². The van der Waals surface area contributed by atoms with Crippen molar-refractivity contribution >= 4 is 23.2 Å². The van der Waals surface area contributed by atoms with Crippen molar-refractivity contribution < 1.29 is 9.53 Å². The molecule has 2 aromatic heterocycles. The van der Waals surface area contributed by atoms with Gasteiger partial charge in [-0.05, 0) is 54.8 Å². The minimum absolute atomic E-state index is 0.133. The minimum atomic E-state index is -0.206. The van der Waals surface area contributed by atoms with Gasteiger partial charge in [0.05, 0.1) is 24.2 Å². The molecule has 0 aliphatic carbocycles. The zero-order valence-corrected chi connectivity index (χ0v) is 23.8. The Bertz CT molecular complexity index is 1760. The van der Waals surface area contributed by atoms with E-state index in [0.717, 1.165) is 72.4 Å². The molecule has 3 aromatic carbocycles. The van der Waals surface area contributed by atoms with Crippen LogP contribution in [-0.4, -0.2) is 56.9 Å². The van der Waals surface area contributed by atoms with Gasteiger partial charge in [0.25, 0.3) is 0 Å². The maximum absolute atomic E-state index is 12.6. The molecule has 5 aromatic rings. The molecular weight excluding hydrogens is 540 g/mol. The lowest BCUT2D eigenvalue weighted by atomic mass is 10.0. The molecule has 0 radical (unpaired) electrons. The van der Waals surface area contributed by atoms with Crippen LogP contribution < -0.4 is 20.7 Å². The Morgan fingerprint density at radius 1 is 0.930 bits per heavy atom. The van der Waals surface area contributed by atoms with Gasteiger partial charge in [-0.3, -0.25) is 9.47 Å². The second-order valence-corrected chi connectivity index (χ2v) is 10.8. The van der Waals surface area contributed by atoms with E-state index in [9.17, 15) is 4.79 Å². The van der Waals surface area contributed by atoms with Crippen LogP contribution in [-0.2, 0) is 6.54 Å². The van der Waals surface area contributed by atoms with Crippen molar-refractivity contribution in [3.63, 3.8) is 0 Å². The van der Waals surface area contributed by atoms with Crippen molar-refractivity contribution in [3.8, 4) is 34.2 Å². The van der Waals surface area contributed by atoms with Gasteiger partial charge in [-0.25, -0.2) is 9.78 Å². The largest absolute Gasteiger partial charge is 0.495 e. The van der Waals surface area contributed by atoms with Crippen LogP contribution in [0.4, 0.5) is 22.0 Å². The first kappa shape index (κ1) is 26.7. The Balaban J connectivity index is 1.01. The van der Waals surface area contributed by atoms with E-state index in [1.165, 1.54) is 5.56 Å². The van der Waals surface area contributed by atoms with Crippen LogP contribution in [0.5, 0.6) is 5.75 Å². The number of para-hydroxylation sites is 3. The minimum Gasteiger partial charge on any atom is -0.495 e. The monoisotopic (exact) mass is 572 g/mol. The van der Waals surface area contributed by atoms with Crippen LogP contribution in [0.15, 0.2) is 91.1 Å². The average molecular weight is 573 g/mol. The molecule has 10 heteroatoms. The van der Waals surface area contributed by atoms with Gasteiger partial charge in [0.2, 0.25) is 0 Å². The number of piperidine rings is 1. The van der Waals surface area contributed by atoms with Crippen molar-refractivity contribution in [2.75, 3.05) is 30.8 Å². The smallest absolute Gasteiger partial charge is 0.319 e. The Labute approximate surface area is 249 Å². The fourth-order valence-corrected chi connectivity index (χ4v) is 5.81. The van der Waals surface area contributed by atoms with Crippen molar-refractivity contribution in [2.24, 2.45) is 0 Å². The summed E-state index contributed by atoms with van der Waals surface area (Å²) < 4.78 is 7.41. The summed E-state index contributed by atoms with van der Waals surface area (Å²) >= 11 is 0. The molecule has 7 rings (SSSR count). The number of carbonyl (C=O) groups excluding carboxylic acids is 1. The van der Waals surface area contributed by atoms with Crippen molar-refractivity contribution in [2.45, 2.75) is 25.4 Å². The van der Waals surface area contributed by atoms with Gasteiger partial charge in [-0.15, -0.1) is 10.2 Å². The number of nitrogens with zero attached hydrogens (tertiary/aromatic N) is 5. The summed E-state index contributed by atoms with van der Waals surface area (Å²) in [5, 5.41) is 18.7. The first-order valence-electron chi connectivity index (χ1n) is 14.5. The lowest BCUT2D eigenvalue weighted by Gasteiger charge is -2.32. The number of benzene rings is 3. The van der Waals surface area contributed by atoms with E-state index in [1.54, 1.807) is 13.3 Å². The lowest BCUT2D eigenvalue weighted by Crippen LogP contribution is -2.45. The Hall–Kier alpha value is -5.22. The zero-order chi connectivity index (χ0) is 29.2. The second-order valence-electron chi connectivity index (χ2n) is 10.8. The van der Waals surface area contributed by atoms with Crippen LogP contribution in [0.2, 0.25) is 0 Å². The Morgan fingerprint density at radius 3 is 2.53 bits per heavy atom. The summed E-state index contributed by atoms with van der Waals surface area (Å²) in [4.78, 5) is 19.6. The zero-order valence-electron chi connectivity index (χ0n) is 23.8. The lowest BCUT2D eigenvalue weighted by molar-refractivity contribution is 0.190. The van der Waals surface area contributed by atoms with Crippen molar-refractivity contribution in [1.29, 1.82) is 0 Å². The van der Waals surface area contributed by atoms with Crippen LogP contribution >= 0.6 is 0 Å². The number of hydrogen-bond donors (Lipinski definition) is 3. The van der Waals surface area contributed by atoms with E-state index in [1.807, 2.05) is 60.7 Å². The van der Waals surface area contributed by atoms with Crippen LogP contribution in [0.25, 0.3) is 28.5 Å². The number of amides is 2. The quantitative estimate of drug-likeness (QED) is 0.230. The molecule has 216 valence electrons. The first-order valence-corrected chi connectivity index (χ1v) is 14.5. The number of anilines is 3. The Kier molecular flexibility index (Phi) is 7.18. The number of fused-ring (bicyclic) bond motifs is 5. The summed E-state index contributed by atoms with van der Waals surface area (Å²) in [5.41, 5.74) is 5.71. The molecule has 10 nitrogen and oxygen atoms in total. The van der Waals surface area contributed by atoms with E-state index >= 15 is 0 Å². The summed E-state index contributed by atoms with van der Waals surface area (Å²) in [6, 6.07) is 27.9. The number of aromatic nitrogens is 4. The molecule has 1 saturated heterocycles. The number of hydrogen-bond acceptors (Lipinski definition) is 7. The van der Waals surface area contributed by atoms with E-state index in [2.05, 4.69) is 64.9 Å². The number of methoxy groups -OCH3 is 1. The predicted molar refractivity (Wildman–Crippen MR) is 167 cm³/mol. The summed E-state index contributed by atoms with van der Waals surface area (Å²) in [7, 11) is 1.60. The molecule has 2 aliphatic heterocycles. The highest BCUT2D eigenvalue weighted by molar-refractivity contribution is 5.91. The third kappa shape index (κ3) is 5.40. The number of likely N-dealkylation sites (tertiary alicyclic amines) is 1. The number of rotatable bonds is 6. The molecule has 2 amide bonds. The summed E-state index contributed by atoms with van der Waals surface area (Å²) in [6.45, 7) is 2.67. The van der Waals surface area contributed by atoms with Crippen LogP contribution in [0.1, 0.15) is 18.4 Å². The third-order valence-electron chi connectivity index (χ3n) is 8.01. The molecule has 1 fully saturated rings. The maximum Gasteiger partial charge on any atom is 0.319 e. The van der Waals surface area contributed by atoms with E-state index in [4.69, 9.17) is 4.74 Å². The van der Waals surface area contributed by atoms with Gasteiger partial charge < -0.3 is 20.7 Å². The van der Waals surface area contributed by atoms with Gasteiger partial charge in [-0.2, -0.15) is 0 Å². The van der Waals surface area contributed by atoms with Crippen LogP contribution in [0, 0.1) is 0 Å². The van der Waals surface area contributed by atoms with E-state index < -0.39 is 0 Å². The summed E-state index contributed by atoms with van der Waals surface area (Å²) in [5.74, 6) is 2.96. The maximum atomic E-state index is 12.6. The fourth-order valence-electron chi connectivity index (χ4n) is 5.81. The topological polar surface area (TPSA) is 109 Å². The number of ether oxygens (including phenoxy) is 1. The van der Waals surface area contributed by atoms with Crippen molar-refractivity contribution in [1.82, 2.24) is 30.0 Å². The molecule has 0 unspecified atom stereocenters. The molecule has 3 N–H and O–H groups in total. The molecule has 0 saturated carbocycles. The van der Waals surface area contributed by atoms with Gasteiger partial charge in [-0.1, -0.05) is 48.5 Å².